The van der Waals surface area contributed by atoms with Crippen molar-refractivity contribution in [3.63, 3.8) is 0 Å². The van der Waals surface area contributed by atoms with Gasteiger partial charge in [-0.25, -0.2) is 28.6 Å². The van der Waals surface area contributed by atoms with Crippen LogP contribution in [-0.2, 0) is 54.8 Å². The summed E-state index contributed by atoms with van der Waals surface area (Å²) >= 11 is 0. The van der Waals surface area contributed by atoms with E-state index in [-0.39, 0.29) is 66.1 Å². The van der Waals surface area contributed by atoms with Gasteiger partial charge in [0.15, 0.2) is 12.2 Å². The number of carbonyl (C=O) groups is 7. The highest BCUT2D eigenvalue weighted by atomic mass is 16.2. The second kappa shape index (κ2) is 29.6. The second-order valence-corrected chi connectivity index (χ2v) is 30.2. The smallest absolute Gasteiger partial charge is 0.331 e. The zero-order valence-corrected chi connectivity index (χ0v) is 62.3. The summed E-state index contributed by atoms with van der Waals surface area (Å²) in [4.78, 5) is 146. The minimum Gasteiger partial charge on any atom is -0.331 e. The Morgan fingerprint density at radius 3 is 1.94 bits per heavy atom. The number of fused-ring (bicyclic) bond motifs is 8. The van der Waals surface area contributed by atoms with E-state index >= 15 is 33.6 Å². The van der Waals surface area contributed by atoms with Crippen LogP contribution in [0.4, 0.5) is 33.2 Å². The first-order chi connectivity index (χ1) is 56.0. The molecule has 0 spiro atoms. The number of urea groups is 1. The number of imide groups is 1. The van der Waals surface area contributed by atoms with E-state index in [1.54, 1.807) is 71.8 Å². The molecule has 0 radical (unpaired) electrons. The number of hydrogen-bond donors (Lipinski definition) is 2. The maximum atomic E-state index is 18.9. The van der Waals surface area contributed by atoms with Gasteiger partial charge in [-0.15, -0.1) is 4.48 Å². The van der Waals surface area contributed by atoms with Crippen LogP contribution in [0.1, 0.15) is 62.0 Å². The summed E-state index contributed by atoms with van der Waals surface area (Å²) in [6.07, 6.45) is 39.9. The molecule has 16 heteroatoms. The first-order valence-corrected chi connectivity index (χ1v) is 38.7. The van der Waals surface area contributed by atoms with Gasteiger partial charge in [0.2, 0.25) is 11.7 Å². The van der Waals surface area contributed by atoms with E-state index in [2.05, 4.69) is 40.9 Å². The Morgan fingerprint density at radius 1 is 0.605 bits per heavy atom. The van der Waals surface area contributed by atoms with Crippen LogP contribution in [-0.4, -0.2) is 98.2 Å². The first-order valence-electron chi connectivity index (χ1n) is 38.7. The Bertz CT molecular complexity index is 5710. The van der Waals surface area contributed by atoms with Crippen LogP contribution in [0, 0.1) is 11.8 Å². The van der Waals surface area contributed by atoms with Crippen molar-refractivity contribution in [1.29, 1.82) is 0 Å². The Labute approximate surface area is 661 Å². The third kappa shape index (κ3) is 11.4. The van der Waals surface area contributed by atoms with E-state index in [9.17, 15) is 4.79 Å². The maximum absolute atomic E-state index is 18.9. The Kier molecular flexibility index (Phi) is 18.7. The van der Waals surface area contributed by atoms with Crippen LogP contribution in [0.3, 0.4) is 0 Å². The summed E-state index contributed by atoms with van der Waals surface area (Å²) in [5.74, 6) is -4.84. The molecule has 18 rings (SSSR count). The number of allylic oxidation sites excluding steroid dienone is 16. The molecular formula is C98H80N8O8+2. The van der Waals surface area contributed by atoms with Gasteiger partial charge >= 0.3 is 24.3 Å². The molecule has 11 unspecified atom stereocenters. The van der Waals surface area contributed by atoms with Crippen LogP contribution in [0.15, 0.2) is 380 Å². The predicted octanol–water partition coefficient (Wildman–Crippen LogP) is 16.0. The van der Waals surface area contributed by atoms with Crippen molar-refractivity contribution < 1.29 is 47.3 Å². The second-order valence-electron chi connectivity index (χ2n) is 30.2. The molecule has 1 saturated heterocycles. The molecule has 558 valence electrons. The molecule has 5 aliphatic carbocycles. The molecule has 0 aromatic heterocycles. The van der Waals surface area contributed by atoms with E-state index in [1.807, 2.05) is 249 Å². The average Bonchev–Trinajstić information content (AvgIpc) is 1.44. The summed E-state index contributed by atoms with van der Waals surface area (Å²) in [5.41, 5.74) is 2.37. The first kappa shape index (κ1) is 72.0. The van der Waals surface area contributed by atoms with E-state index < -0.39 is 85.4 Å². The van der Waals surface area contributed by atoms with Gasteiger partial charge in [-0.05, 0) is 112 Å². The van der Waals surface area contributed by atoms with E-state index in [0.717, 1.165) is 22.3 Å². The Balaban J connectivity index is 0.930. The molecule has 0 saturated carbocycles. The minimum absolute atomic E-state index is 0.0660. The average molecular weight is 1500 g/mol. The molecule has 10 aliphatic rings. The molecule has 1 fully saturated rings. The molecule has 8 aromatic carbocycles. The van der Waals surface area contributed by atoms with Crippen molar-refractivity contribution in [2.45, 2.75) is 73.8 Å². The van der Waals surface area contributed by atoms with Crippen molar-refractivity contribution in [2.24, 2.45) is 11.8 Å². The largest absolute Gasteiger partial charge is 0.430 e. The van der Waals surface area contributed by atoms with Gasteiger partial charge in [-0.2, -0.15) is 0 Å². The normalized spacial score (nSPS) is 25.1. The number of para-hydroxylation sites is 4. The van der Waals surface area contributed by atoms with Crippen LogP contribution >= 0.6 is 0 Å². The highest BCUT2D eigenvalue weighted by Gasteiger charge is 2.94. The van der Waals surface area contributed by atoms with Gasteiger partial charge in [0.25, 0.3) is 17.5 Å². The van der Waals surface area contributed by atoms with Gasteiger partial charge < -0.3 is 15.5 Å². The van der Waals surface area contributed by atoms with Crippen molar-refractivity contribution in [3.8, 4) is 0 Å². The number of quaternary nitrogens is 2. The third-order valence-electron chi connectivity index (χ3n) is 24.4. The Hall–Kier alpha value is -13.6. The van der Waals surface area contributed by atoms with Crippen molar-refractivity contribution >= 4 is 76.7 Å². The van der Waals surface area contributed by atoms with Gasteiger partial charge in [0, 0.05) is 59.0 Å². The Morgan fingerprint density at radius 2 is 1.24 bits per heavy atom. The van der Waals surface area contributed by atoms with Crippen molar-refractivity contribution in [2.75, 3.05) is 26.6 Å². The summed E-state index contributed by atoms with van der Waals surface area (Å²) in [5, 5.41) is 7.38. The number of benzene rings is 8. The summed E-state index contributed by atoms with van der Waals surface area (Å²) in [7, 11) is 0. The predicted molar refractivity (Wildman–Crippen MR) is 441 cm³/mol. The number of nitrogens with zero attached hydrogens (tertiary/aromatic N) is 6. The van der Waals surface area contributed by atoms with Crippen LogP contribution in [0.5, 0.6) is 0 Å². The minimum atomic E-state index is -2.92. The molecule has 16 nitrogen and oxygen atoms in total. The number of nitrogens with one attached hydrogen (secondary N) is 2. The van der Waals surface area contributed by atoms with Gasteiger partial charge in [0.1, 0.15) is 18.2 Å². The zero-order valence-electron chi connectivity index (χ0n) is 62.3. The standard InChI is InChI=1S/C98H80N8O8/c107-64-73-60-72-38-18-24-50-84(72)100-91(73)105(59-57-70-36-16-19-43-76(70)79-45-22-27-54-88(79)105)94(112)90-81-46-21-26-52-86(81)104-95(113)98(90,104)106(66-109,96(114)101(61-67-30-6-1-7-31-67)62-68-32-8-2-9-33-68)97(65-108)82-49-23-17-37-71(82)55-56-83(97)92(110)102(63-69-34-10-3-11-35-69)87-53-28-47-80(77-48-29-58-99-85-51-25-20-44-78(77)85)89(87)93(111)103(74-39-12-4-13-40-74)75-41-14-5-15-42-75/h1-42,44-57,59,65-66,77-78,82,85,88,90-91,99-100H,43,58,60-63H2/q+2. The quantitative estimate of drug-likeness (QED) is 0.0277. The molecule has 8 aromatic rings. The number of hydrogen-bond acceptors (Lipinski definition) is 10. The van der Waals surface area contributed by atoms with Crippen LogP contribution < -0.4 is 25.3 Å². The fourth-order valence-electron chi connectivity index (χ4n) is 19.3. The monoisotopic (exact) mass is 1500 g/mol. The lowest BCUT2D eigenvalue weighted by atomic mass is 9.65. The highest BCUT2D eigenvalue weighted by molar-refractivity contribution is 6.27. The summed E-state index contributed by atoms with van der Waals surface area (Å²) in [6.45, 7) is -0.193. The van der Waals surface area contributed by atoms with E-state index in [4.69, 9.17) is 0 Å². The van der Waals surface area contributed by atoms with Crippen LogP contribution in [0.25, 0.3) is 0 Å². The molecule has 5 aliphatic heterocycles. The number of anilines is 5. The lowest BCUT2D eigenvalue weighted by Gasteiger charge is -2.54. The number of carbonyl (C=O) groups excluding carboxylic acids is 8. The van der Waals surface area contributed by atoms with E-state index in [1.165, 1.54) is 20.8 Å². The van der Waals surface area contributed by atoms with Crippen molar-refractivity contribution in [1.82, 2.24) is 10.2 Å². The molecule has 0 bridgehead atoms. The molecule has 11 atom stereocenters. The van der Waals surface area contributed by atoms with Crippen molar-refractivity contribution in [3.05, 3.63) is 418 Å². The van der Waals surface area contributed by atoms with Gasteiger partial charge in [-0.1, -0.05) is 279 Å². The lowest BCUT2D eigenvalue weighted by molar-refractivity contribution is -0.853. The fourth-order valence-corrected chi connectivity index (χ4v) is 19.3. The maximum Gasteiger partial charge on any atom is 0.430 e. The third-order valence-corrected chi connectivity index (χ3v) is 24.4. The zero-order chi connectivity index (χ0) is 77.7. The highest BCUT2D eigenvalue weighted by Crippen LogP contribution is 2.68. The molecule has 2 N–H and O–H groups in total. The summed E-state index contributed by atoms with van der Waals surface area (Å²) in [6, 6.07) is 63.8. The number of aldehydes is 1. The molecular weight excluding hydrogens is 1420 g/mol. The van der Waals surface area contributed by atoms with Crippen LogP contribution in [0.2, 0.25) is 0 Å². The SMILES string of the molecule is O=C=C1Cc2ccccc2NC1[N+]1(C(=O)C2c3ccccc3N3C(=O)C23[N+](C=O)(C(=O)N(Cc2ccccc2)Cc2ccccc2)C2(C=O)C(C(=O)N(Cc3ccccc3)c3cccc(C4C=CCNC5C=CC=CC54)c3C(=O)N(c3ccccc3)c3ccccc3)=CC=C3C=CC=CC32)C=CC2=CC=CCC2=C2C=CC=CC21. The number of amides is 7. The number of rotatable bonds is 18. The van der Waals surface area contributed by atoms with Gasteiger partial charge in [0.05, 0.1) is 53.6 Å². The molecule has 114 heavy (non-hydrogen) atoms. The topological polar surface area (TPSA) is 173 Å². The van der Waals surface area contributed by atoms with Gasteiger partial charge in [-0.3, -0.25) is 29.0 Å². The molecule has 5 heterocycles. The molecule has 7 amide bonds. The fraction of sp³-hybridized carbons (Fsp3) is 0.153. The van der Waals surface area contributed by atoms with E-state index in [0.29, 0.717) is 70.6 Å². The lowest BCUT2D eigenvalue weighted by Crippen LogP contribution is -2.82. The summed E-state index contributed by atoms with van der Waals surface area (Å²) < 4.78 is -2.67.